The fraction of sp³-hybridized carbons (Fsp3) is 0.158. The highest BCUT2D eigenvalue weighted by atomic mass is 19.3. The zero-order chi connectivity index (χ0) is 20.4. The second-order valence-electron chi connectivity index (χ2n) is 6.18. The molecule has 28 heavy (non-hydrogen) atoms. The van der Waals surface area contributed by atoms with Crippen LogP contribution in [-0.4, -0.2) is 20.4 Å². The fourth-order valence-electron chi connectivity index (χ4n) is 2.97. The molecule has 2 aromatic heterocycles. The van der Waals surface area contributed by atoms with Gasteiger partial charge in [0.2, 0.25) is 0 Å². The van der Waals surface area contributed by atoms with Crippen LogP contribution in [0.5, 0.6) is 0 Å². The Bertz CT molecular complexity index is 1070. The highest BCUT2D eigenvalue weighted by Gasteiger charge is 2.21. The number of hydrogen-bond acceptors (Lipinski definition) is 5. The summed E-state index contributed by atoms with van der Waals surface area (Å²) in [5.74, 6) is -0.973. The van der Waals surface area contributed by atoms with Gasteiger partial charge in [-0.25, -0.2) is 13.8 Å². The molecular weight excluding hydrogens is 368 g/mol. The number of anilines is 2. The minimum atomic E-state index is -2.63. The Morgan fingerprint density at radius 1 is 1.25 bits per heavy atom. The number of nitrogens with two attached hydrogens (primary N) is 1. The van der Waals surface area contributed by atoms with Crippen LogP contribution in [0.15, 0.2) is 47.8 Å². The Morgan fingerprint density at radius 3 is 2.50 bits per heavy atom. The summed E-state index contributed by atoms with van der Waals surface area (Å²) in [6, 6.07) is 5.82. The van der Waals surface area contributed by atoms with Crippen molar-refractivity contribution in [1.29, 1.82) is 0 Å². The third-order valence-electron chi connectivity index (χ3n) is 4.15. The number of aromatic nitrogens is 3. The number of amides is 1. The summed E-state index contributed by atoms with van der Waals surface area (Å²) >= 11 is 0. The van der Waals surface area contributed by atoms with E-state index in [0.717, 1.165) is 4.57 Å². The van der Waals surface area contributed by atoms with Crippen LogP contribution in [0.25, 0.3) is 5.69 Å². The average Bonchev–Trinajstić information content (AvgIpc) is 2.63. The third-order valence-corrected chi connectivity index (χ3v) is 4.15. The molecule has 0 aliphatic heterocycles. The third kappa shape index (κ3) is 3.59. The number of nitrogen functional groups attached to an aromatic ring is 1. The van der Waals surface area contributed by atoms with Crippen molar-refractivity contribution in [3.05, 3.63) is 75.6 Å². The number of benzene rings is 1. The maximum absolute atomic E-state index is 13.0. The quantitative estimate of drug-likeness (QED) is 0.719. The van der Waals surface area contributed by atoms with Crippen LogP contribution in [0.2, 0.25) is 0 Å². The van der Waals surface area contributed by atoms with Gasteiger partial charge in [-0.1, -0.05) is 0 Å². The average molecular weight is 385 g/mol. The molecule has 0 saturated heterocycles. The number of rotatable bonds is 4. The summed E-state index contributed by atoms with van der Waals surface area (Å²) < 4.78 is 27.2. The van der Waals surface area contributed by atoms with E-state index in [-0.39, 0.29) is 16.9 Å². The van der Waals surface area contributed by atoms with Crippen LogP contribution in [0, 0.1) is 13.8 Å². The molecule has 0 aliphatic carbocycles. The highest BCUT2D eigenvalue weighted by molar-refractivity contribution is 6.06. The van der Waals surface area contributed by atoms with Crippen molar-refractivity contribution in [3.63, 3.8) is 0 Å². The molecule has 0 aliphatic rings. The first kappa shape index (κ1) is 19.2. The van der Waals surface area contributed by atoms with Gasteiger partial charge in [0.05, 0.1) is 17.6 Å². The van der Waals surface area contributed by atoms with Gasteiger partial charge in [-0.2, -0.15) is 0 Å². The lowest BCUT2D eigenvalue weighted by Crippen LogP contribution is -2.31. The van der Waals surface area contributed by atoms with Gasteiger partial charge in [0.1, 0.15) is 17.7 Å². The number of aryl methyl sites for hydroxylation is 2. The van der Waals surface area contributed by atoms with Crippen LogP contribution in [-0.2, 0) is 0 Å². The number of carbonyl (C=O) groups excluding carboxylic acids is 1. The van der Waals surface area contributed by atoms with Gasteiger partial charge in [0.15, 0.2) is 0 Å². The van der Waals surface area contributed by atoms with E-state index in [1.54, 1.807) is 26.0 Å². The Morgan fingerprint density at radius 2 is 1.93 bits per heavy atom. The van der Waals surface area contributed by atoms with E-state index < -0.39 is 17.9 Å². The molecule has 1 aromatic carbocycles. The van der Waals surface area contributed by atoms with Gasteiger partial charge in [0, 0.05) is 11.8 Å². The number of nitrogens with one attached hydrogen (secondary N) is 1. The van der Waals surface area contributed by atoms with Gasteiger partial charge >= 0.3 is 0 Å². The van der Waals surface area contributed by atoms with E-state index in [9.17, 15) is 18.4 Å². The normalized spacial score (nSPS) is 10.9. The van der Waals surface area contributed by atoms with E-state index in [1.165, 1.54) is 30.9 Å². The highest BCUT2D eigenvalue weighted by Crippen LogP contribution is 2.26. The molecule has 3 N–H and O–H groups in total. The van der Waals surface area contributed by atoms with Crippen molar-refractivity contribution in [1.82, 2.24) is 14.5 Å². The van der Waals surface area contributed by atoms with E-state index in [4.69, 9.17) is 5.73 Å². The van der Waals surface area contributed by atoms with Crippen LogP contribution in [0.1, 0.15) is 33.5 Å². The summed E-state index contributed by atoms with van der Waals surface area (Å²) in [6.07, 6.45) is 1.50. The summed E-state index contributed by atoms with van der Waals surface area (Å²) in [6.45, 7) is 3.21. The second-order valence-corrected chi connectivity index (χ2v) is 6.18. The first-order valence-corrected chi connectivity index (χ1v) is 8.27. The first-order chi connectivity index (χ1) is 13.3. The van der Waals surface area contributed by atoms with Gasteiger partial charge in [-0.05, 0) is 49.2 Å². The summed E-state index contributed by atoms with van der Waals surface area (Å²) in [5, 5.41) is 2.54. The van der Waals surface area contributed by atoms with Gasteiger partial charge in [0.25, 0.3) is 17.9 Å². The van der Waals surface area contributed by atoms with E-state index >= 15 is 0 Å². The van der Waals surface area contributed by atoms with E-state index in [1.807, 2.05) is 0 Å². The van der Waals surface area contributed by atoms with E-state index in [2.05, 4.69) is 15.3 Å². The summed E-state index contributed by atoms with van der Waals surface area (Å²) in [5.41, 5.74) is 6.22. The summed E-state index contributed by atoms with van der Waals surface area (Å²) in [7, 11) is 0. The van der Waals surface area contributed by atoms with Gasteiger partial charge in [-0.3, -0.25) is 19.1 Å². The summed E-state index contributed by atoms with van der Waals surface area (Å²) in [4.78, 5) is 33.4. The molecule has 1 amide bonds. The standard InChI is InChI=1S/C19H17F2N5O2/c1-10-6-12(16(20)21)7-11(2)15(10)26-9-24-17(22)14(19(26)28)18(27)25-13-4-3-5-23-8-13/h3-9,16H,22H2,1-2H3,(H,25,27). The SMILES string of the molecule is Cc1cc(C(F)F)cc(C)c1-n1cnc(N)c(C(=O)Nc2cccnc2)c1=O. The van der Waals surface area contributed by atoms with Crippen molar-refractivity contribution in [3.8, 4) is 5.69 Å². The lowest BCUT2D eigenvalue weighted by atomic mass is 10.0. The molecule has 0 atom stereocenters. The molecule has 0 radical (unpaired) electrons. The molecule has 0 saturated carbocycles. The zero-order valence-corrected chi connectivity index (χ0v) is 15.1. The van der Waals surface area contributed by atoms with Crippen molar-refractivity contribution in [2.45, 2.75) is 20.3 Å². The smallest absolute Gasteiger partial charge is 0.272 e. The number of nitrogens with zero attached hydrogens (tertiary/aromatic N) is 3. The second kappa shape index (κ2) is 7.55. The van der Waals surface area contributed by atoms with Gasteiger partial charge in [-0.15, -0.1) is 0 Å². The Kier molecular flexibility index (Phi) is 5.16. The number of halogens is 2. The lowest BCUT2D eigenvalue weighted by molar-refractivity contribution is 0.102. The van der Waals surface area contributed by atoms with Crippen molar-refractivity contribution in [2.24, 2.45) is 0 Å². The zero-order valence-electron chi connectivity index (χ0n) is 15.1. The van der Waals surface area contributed by atoms with Crippen molar-refractivity contribution >= 4 is 17.4 Å². The molecule has 0 fully saturated rings. The topological polar surface area (TPSA) is 103 Å². The first-order valence-electron chi connectivity index (χ1n) is 8.27. The minimum Gasteiger partial charge on any atom is -0.383 e. The van der Waals surface area contributed by atoms with Crippen LogP contribution >= 0.6 is 0 Å². The molecule has 0 unspecified atom stereocenters. The van der Waals surface area contributed by atoms with Crippen molar-refractivity contribution in [2.75, 3.05) is 11.1 Å². The van der Waals surface area contributed by atoms with Crippen LogP contribution in [0.3, 0.4) is 0 Å². The fourth-order valence-corrected chi connectivity index (χ4v) is 2.97. The number of hydrogen-bond donors (Lipinski definition) is 2. The molecule has 3 rings (SSSR count). The maximum Gasteiger partial charge on any atom is 0.272 e. The largest absolute Gasteiger partial charge is 0.383 e. The molecule has 3 aromatic rings. The van der Waals surface area contributed by atoms with Crippen LogP contribution in [0.4, 0.5) is 20.3 Å². The predicted molar refractivity (Wildman–Crippen MR) is 101 cm³/mol. The Hall–Kier alpha value is -3.62. The molecule has 2 heterocycles. The van der Waals surface area contributed by atoms with Crippen molar-refractivity contribution < 1.29 is 13.6 Å². The monoisotopic (exact) mass is 385 g/mol. The Balaban J connectivity index is 2.10. The van der Waals surface area contributed by atoms with Gasteiger partial charge < -0.3 is 11.1 Å². The number of carbonyl (C=O) groups is 1. The predicted octanol–water partition coefficient (Wildman–Crippen LogP) is 3.02. The number of alkyl halides is 2. The van der Waals surface area contributed by atoms with E-state index in [0.29, 0.717) is 22.5 Å². The molecule has 144 valence electrons. The number of pyridine rings is 1. The molecule has 9 heteroatoms. The molecule has 0 spiro atoms. The minimum absolute atomic E-state index is 0.148. The molecular formula is C19H17F2N5O2. The molecule has 7 nitrogen and oxygen atoms in total. The maximum atomic E-state index is 13.0. The van der Waals surface area contributed by atoms with Crippen LogP contribution < -0.4 is 16.6 Å². The lowest BCUT2D eigenvalue weighted by Gasteiger charge is -2.16. The molecule has 0 bridgehead atoms. The Labute approximate surface area is 158 Å².